The molecule has 0 fully saturated rings. The maximum absolute atomic E-state index is 9.91. The Morgan fingerprint density at radius 1 is 1.45 bits per heavy atom. The normalized spacial score (nSPS) is 14.3. The van der Waals surface area contributed by atoms with Crippen LogP contribution >= 0.6 is 0 Å². The topological polar surface area (TPSA) is 98.1 Å². The van der Waals surface area contributed by atoms with Gasteiger partial charge in [-0.2, -0.15) is 5.26 Å². The van der Waals surface area contributed by atoms with Gasteiger partial charge in [-0.05, 0) is 38.7 Å². The van der Waals surface area contributed by atoms with Gasteiger partial charge in [-0.25, -0.2) is 0 Å². The molecule has 120 valence electrons. The molecule has 3 N–H and O–H groups in total. The van der Waals surface area contributed by atoms with E-state index >= 15 is 0 Å². The zero-order valence-electron chi connectivity index (χ0n) is 13.4. The SMILES string of the molecule is CC(O)C(Oc1cccc(CN(C)C)c1)N(C)C(N)=NC#N. The highest BCUT2D eigenvalue weighted by Crippen LogP contribution is 2.18. The molecular weight excluding hydrogens is 282 g/mol. The number of nitrogens with two attached hydrogens (primary N) is 1. The molecule has 0 aliphatic rings. The second-order valence-corrected chi connectivity index (χ2v) is 5.32. The fourth-order valence-corrected chi connectivity index (χ4v) is 1.98. The van der Waals surface area contributed by atoms with Crippen LogP contribution in [0, 0.1) is 11.5 Å². The van der Waals surface area contributed by atoms with Crippen LogP contribution in [0.15, 0.2) is 29.3 Å². The number of aliphatic hydroxyl groups is 1. The first kappa shape index (κ1) is 17.8. The Bertz CT molecular complexity index is 551. The molecule has 0 heterocycles. The minimum atomic E-state index is -0.824. The number of guanidine groups is 1. The summed E-state index contributed by atoms with van der Waals surface area (Å²) in [6.45, 7) is 2.37. The Hall–Kier alpha value is -2.30. The van der Waals surface area contributed by atoms with Gasteiger partial charge in [-0.3, -0.25) is 0 Å². The van der Waals surface area contributed by atoms with Crippen molar-refractivity contribution in [2.75, 3.05) is 21.1 Å². The molecule has 0 bridgehead atoms. The smallest absolute Gasteiger partial charge is 0.209 e. The minimum Gasteiger partial charge on any atom is -0.468 e. The lowest BCUT2D eigenvalue weighted by Gasteiger charge is -2.31. The van der Waals surface area contributed by atoms with Crippen LogP contribution in [0.5, 0.6) is 5.75 Å². The minimum absolute atomic E-state index is 0.0159. The first-order valence-electron chi connectivity index (χ1n) is 6.88. The number of hydrogen-bond donors (Lipinski definition) is 2. The first-order chi connectivity index (χ1) is 10.3. The molecule has 0 aromatic heterocycles. The highest BCUT2D eigenvalue weighted by molar-refractivity contribution is 5.78. The average Bonchev–Trinajstić information content (AvgIpc) is 2.43. The zero-order chi connectivity index (χ0) is 16.7. The van der Waals surface area contributed by atoms with Crippen molar-refractivity contribution < 1.29 is 9.84 Å². The molecular formula is C15H23N5O2. The van der Waals surface area contributed by atoms with E-state index in [2.05, 4.69) is 9.89 Å². The van der Waals surface area contributed by atoms with Gasteiger partial charge in [0.1, 0.15) is 11.9 Å². The molecule has 0 amide bonds. The lowest BCUT2D eigenvalue weighted by molar-refractivity contribution is -0.0168. The highest BCUT2D eigenvalue weighted by Gasteiger charge is 2.24. The predicted molar refractivity (Wildman–Crippen MR) is 84.9 cm³/mol. The third kappa shape index (κ3) is 5.24. The van der Waals surface area contributed by atoms with Crippen molar-refractivity contribution in [1.29, 1.82) is 5.26 Å². The number of rotatable bonds is 6. The van der Waals surface area contributed by atoms with Gasteiger partial charge in [0.05, 0.1) is 0 Å². The number of benzene rings is 1. The highest BCUT2D eigenvalue weighted by atomic mass is 16.5. The van der Waals surface area contributed by atoms with E-state index in [0.29, 0.717) is 5.75 Å². The Labute approximate surface area is 131 Å². The van der Waals surface area contributed by atoms with Crippen molar-refractivity contribution in [2.45, 2.75) is 25.8 Å². The van der Waals surface area contributed by atoms with E-state index in [1.54, 1.807) is 26.2 Å². The van der Waals surface area contributed by atoms with Gasteiger partial charge in [-0.1, -0.05) is 12.1 Å². The Kier molecular flexibility index (Phi) is 6.63. The quantitative estimate of drug-likeness (QED) is 0.345. The summed E-state index contributed by atoms with van der Waals surface area (Å²) in [6.07, 6.45) is 0.0474. The van der Waals surface area contributed by atoms with Gasteiger partial charge in [0.15, 0.2) is 6.23 Å². The number of hydrogen-bond acceptors (Lipinski definition) is 5. The third-order valence-electron chi connectivity index (χ3n) is 2.97. The van der Waals surface area contributed by atoms with E-state index in [4.69, 9.17) is 15.7 Å². The second-order valence-electron chi connectivity index (χ2n) is 5.32. The molecule has 7 heteroatoms. The van der Waals surface area contributed by atoms with E-state index in [-0.39, 0.29) is 5.96 Å². The second kappa shape index (κ2) is 8.22. The van der Waals surface area contributed by atoms with Gasteiger partial charge >= 0.3 is 0 Å². The van der Waals surface area contributed by atoms with E-state index in [9.17, 15) is 5.11 Å². The van der Waals surface area contributed by atoms with Crippen LogP contribution < -0.4 is 10.5 Å². The number of aliphatic imine (C=N–C) groups is 1. The van der Waals surface area contributed by atoms with E-state index in [1.807, 2.05) is 32.3 Å². The van der Waals surface area contributed by atoms with E-state index < -0.39 is 12.3 Å². The van der Waals surface area contributed by atoms with Crippen molar-refractivity contribution in [3.8, 4) is 11.9 Å². The average molecular weight is 305 g/mol. The summed E-state index contributed by atoms with van der Waals surface area (Å²) >= 11 is 0. The van der Waals surface area contributed by atoms with Crippen LogP contribution in [0.1, 0.15) is 12.5 Å². The van der Waals surface area contributed by atoms with Crippen molar-refractivity contribution >= 4 is 5.96 Å². The Balaban J connectivity index is 2.92. The van der Waals surface area contributed by atoms with Gasteiger partial charge in [0.2, 0.25) is 12.2 Å². The van der Waals surface area contributed by atoms with Gasteiger partial charge < -0.3 is 25.4 Å². The zero-order valence-corrected chi connectivity index (χ0v) is 13.4. The summed E-state index contributed by atoms with van der Waals surface area (Å²) in [5.74, 6) is 0.597. The summed E-state index contributed by atoms with van der Waals surface area (Å²) < 4.78 is 5.81. The summed E-state index contributed by atoms with van der Waals surface area (Å²) in [4.78, 5) is 6.93. The predicted octanol–water partition coefficient (Wildman–Crippen LogP) is 0.561. The number of aliphatic hydroxyl groups excluding tert-OH is 1. The lowest BCUT2D eigenvalue weighted by atomic mass is 10.2. The molecule has 0 saturated heterocycles. The lowest BCUT2D eigenvalue weighted by Crippen LogP contribution is -2.50. The van der Waals surface area contributed by atoms with Crippen LogP contribution in [-0.2, 0) is 6.54 Å². The summed E-state index contributed by atoms with van der Waals surface area (Å²) in [5, 5.41) is 18.5. The number of nitriles is 1. The van der Waals surface area contributed by atoms with Crippen molar-refractivity contribution in [1.82, 2.24) is 9.80 Å². The molecule has 0 aliphatic carbocycles. The Morgan fingerprint density at radius 3 is 2.68 bits per heavy atom. The number of ether oxygens (including phenoxy) is 1. The molecule has 1 aromatic rings. The standard InChI is InChI=1S/C15H23N5O2/c1-11(21)14(20(4)15(17)18-10-16)22-13-7-5-6-12(8-13)9-19(2)3/h5-8,11,14,21H,9H2,1-4H3,(H2,17,18). The molecule has 0 aliphatic heterocycles. The first-order valence-corrected chi connectivity index (χ1v) is 6.88. The number of nitrogens with zero attached hydrogens (tertiary/aromatic N) is 4. The third-order valence-corrected chi connectivity index (χ3v) is 2.97. The molecule has 0 spiro atoms. The van der Waals surface area contributed by atoms with Crippen LogP contribution in [0.25, 0.3) is 0 Å². The summed E-state index contributed by atoms with van der Waals surface area (Å²) in [5.41, 5.74) is 6.76. The van der Waals surface area contributed by atoms with Gasteiger partial charge in [-0.15, -0.1) is 4.99 Å². The molecule has 2 atom stereocenters. The fourth-order valence-electron chi connectivity index (χ4n) is 1.98. The van der Waals surface area contributed by atoms with Crippen LogP contribution in [0.3, 0.4) is 0 Å². The number of likely N-dealkylation sites (N-methyl/N-ethyl adjacent to an activating group) is 1. The molecule has 1 rings (SSSR count). The van der Waals surface area contributed by atoms with Crippen molar-refractivity contribution in [3.63, 3.8) is 0 Å². The summed E-state index contributed by atoms with van der Waals surface area (Å²) in [6, 6.07) is 7.60. The molecule has 0 saturated carbocycles. The fraction of sp³-hybridized carbons (Fsp3) is 0.467. The monoisotopic (exact) mass is 305 g/mol. The maximum atomic E-state index is 9.91. The summed E-state index contributed by atoms with van der Waals surface area (Å²) in [7, 11) is 5.58. The van der Waals surface area contributed by atoms with Gasteiger partial charge in [0, 0.05) is 13.6 Å². The Morgan fingerprint density at radius 2 is 2.14 bits per heavy atom. The van der Waals surface area contributed by atoms with Crippen LogP contribution in [0.4, 0.5) is 0 Å². The molecule has 2 unspecified atom stereocenters. The van der Waals surface area contributed by atoms with Gasteiger partial charge in [0.25, 0.3) is 0 Å². The van der Waals surface area contributed by atoms with Crippen molar-refractivity contribution in [3.05, 3.63) is 29.8 Å². The largest absolute Gasteiger partial charge is 0.468 e. The van der Waals surface area contributed by atoms with Crippen LogP contribution in [-0.4, -0.2) is 54.3 Å². The van der Waals surface area contributed by atoms with E-state index in [1.165, 1.54) is 4.90 Å². The van der Waals surface area contributed by atoms with Crippen molar-refractivity contribution in [2.24, 2.45) is 10.7 Å². The molecule has 22 heavy (non-hydrogen) atoms. The molecule has 7 nitrogen and oxygen atoms in total. The van der Waals surface area contributed by atoms with E-state index in [0.717, 1.165) is 12.1 Å². The maximum Gasteiger partial charge on any atom is 0.209 e. The molecule has 1 aromatic carbocycles. The molecule has 0 radical (unpaired) electrons. The van der Waals surface area contributed by atoms with Crippen LogP contribution in [0.2, 0.25) is 0 Å².